The van der Waals surface area contributed by atoms with Gasteiger partial charge in [0, 0.05) is 31.1 Å². The molecule has 0 unspecified atom stereocenters. The summed E-state index contributed by atoms with van der Waals surface area (Å²) in [6.07, 6.45) is 1.22. The van der Waals surface area contributed by atoms with E-state index in [0.717, 1.165) is 22.3 Å². The molecule has 0 aliphatic heterocycles. The van der Waals surface area contributed by atoms with Gasteiger partial charge in [0.25, 0.3) is 5.91 Å². The summed E-state index contributed by atoms with van der Waals surface area (Å²) in [4.78, 5) is 25.8. The normalized spacial score (nSPS) is 12.8. The van der Waals surface area contributed by atoms with E-state index in [-0.39, 0.29) is 18.3 Å². The van der Waals surface area contributed by atoms with E-state index in [0.29, 0.717) is 25.1 Å². The molecule has 0 radical (unpaired) electrons. The monoisotopic (exact) mass is 323 g/mol. The van der Waals surface area contributed by atoms with E-state index in [1.807, 2.05) is 43.3 Å². The molecule has 4 heteroatoms. The highest BCUT2D eigenvalue weighted by Crippen LogP contribution is 2.30. The van der Waals surface area contributed by atoms with Crippen molar-refractivity contribution in [2.45, 2.75) is 26.3 Å². The lowest BCUT2D eigenvalue weighted by Gasteiger charge is -2.19. The number of hydrogen-bond donors (Lipinski definition) is 0. The summed E-state index contributed by atoms with van der Waals surface area (Å²) < 4.78 is 5.70. The van der Waals surface area contributed by atoms with Gasteiger partial charge in [-0.2, -0.15) is 0 Å². The summed E-state index contributed by atoms with van der Waals surface area (Å²) >= 11 is 0. The molecule has 1 aliphatic carbocycles. The molecule has 1 amide bonds. The lowest BCUT2D eigenvalue weighted by Crippen LogP contribution is -2.31. The molecule has 0 bridgehead atoms. The summed E-state index contributed by atoms with van der Waals surface area (Å²) in [6, 6.07) is 13.5. The van der Waals surface area contributed by atoms with E-state index in [1.165, 1.54) is 0 Å². The van der Waals surface area contributed by atoms with E-state index >= 15 is 0 Å². The van der Waals surface area contributed by atoms with Crippen molar-refractivity contribution in [3.63, 3.8) is 0 Å². The van der Waals surface area contributed by atoms with Crippen LogP contribution in [0.1, 0.15) is 33.5 Å². The zero-order valence-corrected chi connectivity index (χ0v) is 14.0. The third kappa shape index (κ3) is 3.32. The van der Waals surface area contributed by atoms with Crippen molar-refractivity contribution in [2.24, 2.45) is 0 Å². The minimum atomic E-state index is -0.0832. The highest BCUT2D eigenvalue weighted by Gasteiger charge is 2.23. The molecule has 0 spiro atoms. The number of nitrogens with zero attached hydrogens (tertiary/aromatic N) is 1. The number of rotatable bonds is 5. The second-order valence-corrected chi connectivity index (χ2v) is 6.17. The van der Waals surface area contributed by atoms with Gasteiger partial charge in [0.2, 0.25) is 0 Å². The third-order valence-corrected chi connectivity index (χ3v) is 4.48. The van der Waals surface area contributed by atoms with Gasteiger partial charge in [0.1, 0.15) is 5.75 Å². The summed E-state index contributed by atoms with van der Waals surface area (Å²) in [5, 5.41) is 0. The molecule has 0 aromatic heterocycles. The van der Waals surface area contributed by atoms with Gasteiger partial charge in [0.15, 0.2) is 12.4 Å². The number of fused-ring (bicyclic) bond motifs is 1. The molecule has 1 aliphatic rings. The minimum absolute atomic E-state index is 0.0208. The van der Waals surface area contributed by atoms with Crippen LogP contribution in [0.15, 0.2) is 42.5 Å². The van der Waals surface area contributed by atoms with Crippen molar-refractivity contribution in [3.05, 3.63) is 64.7 Å². The number of carbonyl (C=O) groups is 2. The Hall–Kier alpha value is -2.62. The van der Waals surface area contributed by atoms with Crippen molar-refractivity contribution in [2.75, 3.05) is 13.7 Å². The maximum atomic E-state index is 12.3. The Morgan fingerprint density at radius 3 is 2.71 bits per heavy atom. The van der Waals surface area contributed by atoms with Crippen LogP contribution in [0.4, 0.5) is 0 Å². The number of Topliss-reactive ketones (excluding diaryl/α,β-unsaturated/α-hetero) is 1. The first-order valence-electron chi connectivity index (χ1n) is 8.12. The molecule has 0 saturated carbocycles. The van der Waals surface area contributed by atoms with Gasteiger partial charge in [-0.05, 0) is 30.5 Å². The number of likely N-dealkylation sites (N-methyl/N-ethyl adjacent to an activating group) is 1. The zero-order chi connectivity index (χ0) is 17.1. The predicted molar refractivity (Wildman–Crippen MR) is 92.2 cm³/mol. The average molecular weight is 323 g/mol. The lowest BCUT2D eigenvalue weighted by atomic mass is 10.1. The first-order chi connectivity index (χ1) is 11.6. The summed E-state index contributed by atoms with van der Waals surface area (Å²) in [7, 11) is 1.77. The first kappa shape index (κ1) is 16.2. The number of amides is 1. The van der Waals surface area contributed by atoms with Crippen LogP contribution in [0.25, 0.3) is 0 Å². The van der Waals surface area contributed by atoms with Crippen LogP contribution < -0.4 is 4.74 Å². The standard InChI is InChI=1S/C20H21NO3/c1-14-6-3-4-7-15(14)12-21(2)20(23)13-24-19-9-5-8-16-17(19)10-11-18(16)22/h3-9H,10-13H2,1-2H3. The van der Waals surface area contributed by atoms with Crippen molar-refractivity contribution in [3.8, 4) is 5.75 Å². The molecule has 2 aromatic carbocycles. The molecule has 3 rings (SSSR count). The largest absolute Gasteiger partial charge is 0.483 e. The van der Waals surface area contributed by atoms with Crippen LogP contribution in [-0.2, 0) is 17.8 Å². The van der Waals surface area contributed by atoms with Crippen LogP contribution in [-0.4, -0.2) is 30.2 Å². The molecule has 0 N–H and O–H groups in total. The van der Waals surface area contributed by atoms with Crippen molar-refractivity contribution >= 4 is 11.7 Å². The third-order valence-electron chi connectivity index (χ3n) is 4.48. The van der Waals surface area contributed by atoms with Crippen LogP contribution in [0.2, 0.25) is 0 Å². The fourth-order valence-electron chi connectivity index (χ4n) is 2.97. The smallest absolute Gasteiger partial charge is 0.260 e. The zero-order valence-electron chi connectivity index (χ0n) is 14.0. The van der Waals surface area contributed by atoms with E-state index in [2.05, 4.69) is 0 Å². The summed E-state index contributed by atoms with van der Waals surface area (Å²) in [6.45, 7) is 2.57. The van der Waals surface area contributed by atoms with Gasteiger partial charge < -0.3 is 9.64 Å². The molecule has 0 fully saturated rings. The summed E-state index contributed by atoms with van der Waals surface area (Å²) in [5.41, 5.74) is 3.95. The molecule has 4 nitrogen and oxygen atoms in total. The fraction of sp³-hybridized carbons (Fsp3) is 0.300. The van der Waals surface area contributed by atoms with Gasteiger partial charge >= 0.3 is 0 Å². The topological polar surface area (TPSA) is 46.6 Å². The summed E-state index contributed by atoms with van der Waals surface area (Å²) in [5.74, 6) is 0.717. The molecule has 0 heterocycles. The Bertz CT molecular complexity index is 782. The highest BCUT2D eigenvalue weighted by molar-refractivity contribution is 6.01. The van der Waals surface area contributed by atoms with Gasteiger partial charge in [-0.3, -0.25) is 9.59 Å². The SMILES string of the molecule is Cc1ccccc1CN(C)C(=O)COc1cccc2c1CCC2=O. The van der Waals surface area contributed by atoms with Crippen LogP contribution in [0.3, 0.4) is 0 Å². The number of benzene rings is 2. The molecule has 124 valence electrons. The van der Waals surface area contributed by atoms with Gasteiger partial charge in [-0.1, -0.05) is 36.4 Å². The molecular formula is C20H21NO3. The van der Waals surface area contributed by atoms with Crippen molar-refractivity contribution in [1.29, 1.82) is 0 Å². The minimum Gasteiger partial charge on any atom is -0.483 e. The molecule has 0 saturated heterocycles. The molecular weight excluding hydrogens is 302 g/mol. The fourth-order valence-corrected chi connectivity index (χ4v) is 2.97. The number of carbonyl (C=O) groups excluding carboxylic acids is 2. The van der Waals surface area contributed by atoms with Gasteiger partial charge in [-0.15, -0.1) is 0 Å². The Morgan fingerprint density at radius 1 is 1.12 bits per heavy atom. The van der Waals surface area contributed by atoms with Crippen molar-refractivity contribution in [1.82, 2.24) is 4.90 Å². The van der Waals surface area contributed by atoms with Crippen LogP contribution in [0.5, 0.6) is 5.75 Å². The highest BCUT2D eigenvalue weighted by atomic mass is 16.5. The van der Waals surface area contributed by atoms with Crippen molar-refractivity contribution < 1.29 is 14.3 Å². The maximum absolute atomic E-state index is 12.3. The number of aryl methyl sites for hydroxylation is 1. The molecule has 24 heavy (non-hydrogen) atoms. The second-order valence-electron chi connectivity index (χ2n) is 6.17. The quantitative estimate of drug-likeness (QED) is 0.849. The molecule has 2 aromatic rings. The van der Waals surface area contributed by atoms with Gasteiger partial charge in [-0.25, -0.2) is 0 Å². The number of ketones is 1. The Labute approximate surface area is 142 Å². The van der Waals surface area contributed by atoms with E-state index in [1.54, 1.807) is 18.0 Å². The Balaban J connectivity index is 1.62. The second kappa shape index (κ2) is 6.87. The van der Waals surface area contributed by atoms with Gasteiger partial charge in [0.05, 0.1) is 0 Å². The average Bonchev–Trinajstić information content (AvgIpc) is 2.96. The lowest BCUT2D eigenvalue weighted by molar-refractivity contribution is -0.132. The number of hydrogen-bond acceptors (Lipinski definition) is 3. The van der Waals surface area contributed by atoms with Crippen LogP contribution >= 0.6 is 0 Å². The first-order valence-corrected chi connectivity index (χ1v) is 8.12. The number of ether oxygens (including phenoxy) is 1. The van der Waals surface area contributed by atoms with E-state index < -0.39 is 0 Å². The van der Waals surface area contributed by atoms with Crippen LogP contribution in [0, 0.1) is 6.92 Å². The Morgan fingerprint density at radius 2 is 1.92 bits per heavy atom. The maximum Gasteiger partial charge on any atom is 0.260 e. The van der Waals surface area contributed by atoms with E-state index in [4.69, 9.17) is 4.74 Å². The Kier molecular flexibility index (Phi) is 4.65. The molecule has 0 atom stereocenters. The predicted octanol–water partition coefficient (Wildman–Crippen LogP) is 3.16. The van der Waals surface area contributed by atoms with E-state index in [9.17, 15) is 9.59 Å².